The number of benzene rings is 1. The van der Waals surface area contributed by atoms with Gasteiger partial charge in [0.15, 0.2) is 6.10 Å². The van der Waals surface area contributed by atoms with Crippen LogP contribution in [-0.2, 0) is 9.53 Å². The van der Waals surface area contributed by atoms with E-state index < -0.39 is 18.2 Å². The highest BCUT2D eigenvalue weighted by molar-refractivity contribution is 8.03. The second kappa shape index (κ2) is 6.26. The van der Waals surface area contributed by atoms with E-state index in [9.17, 15) is 15.0 Å². The Morgan fingerprint density at radius 2 is 2.22 bits per heavy atom. The molecule has 0 radical (unpaired) electrons. The van der Waals surface area contributed by atoms with Gasteiger partial charge in [0.1, 0.15) is 11.5 Å². The van der Waals surface area contributed by atoms with Crippen molar-refractivity contribution in [2.24, 2.45) is 0 Å². The number of aliphatic hydroxyl groups is 2. The summed E-state index contributed by atoms with van der Waals surface area (Å²) in [6.07, 6.45) is -3.23. The summed E-state index contributed by atoms with van der Waals surface area (Å²) in [4.78, 5) is 11.7. The number of esters is 1. The number of carbonyl (C=O) groups excluding carboxylic acids is 1. The van der Waals surface area contributed by atoms with Gasteiger partial charge in [-0.25, -0.2) is 4.79 Å². The average molecular weight is 268 g/mol. The van der Waals surface area contributed by atoms with Crippen LogP contribution in [0.25, 0.3) is 0 Å². The van der Waals surface area contributed by atoms with Gasteiger partial charge < -0.3 is 20.7 Å². The van der Waals surface area contributed by atoms with Gasteiger partial charge in [-0.3, -0.25) is 0 Å². The van der Waals surface area contributed by atoms with Gasteiger partial charge in [-0.05, 0) is 30.0 Å². The van der Waals surface area contributed by atoms with Crippen LogP contribution in [0.15, 0.2) is 23.1 Å². The molecule has 0 aliphatic heterocycles. The fourth-order valence-electron chi connectivity index (χ4n) is 1.34. The van der Waals surface area contributed by atoms with Crippen LogP contribution >= 0.6 is 11.8 Å². The predicted octanol–water partition coefficient (Wildman–Crippen LogP) is 0.409. The van der Waals surface area contributed by atoms with Gasteiger partial charge in [-0.2, -0.15) is 5.26 Å². The van der Waals surface area contributed by atoms with Gasteiger partial charge in [0.2, 0.25) is 0 Å². The Labute approximate surface area is 108 Å². The molecule has 0 saturated carbocycles. The lowest BCUT2D eigenvalue weighted by Crippen LogP contribution is -2.29. The largest absolute Gasteiger partial charge is 0.467 e. The lowest BCUT2D eigenvalue weighted by atomic mass is 10.0. The quantitative estimate of drug-likeness (QED) is 0.313. The van der Waals surface area contributed by atoms with Crippen LogP contribution in [0.5, 0.6) is 0 Å². The molecule has 0 heterocycles. The van der Waals surface area contributed by atoms with Crippen LogP contribution in [0.4, 0.5) is 5.69 Å². The van der Waals surface area contributed by atoms with Crippen molar-refractivity contribution in [3.05, 3.63) is 23.8 Å². The maximum atomic E-state index is 11.1. The molecule has 2 unspecified atom stereocenters. The molecule has 0 fully saturated rings. The second-order valence-corrected chi connectivity index (χ2v) is 4.26. The number of anilines is 1. The zero-order valence-electron chi connectivity index (χ0n) is 9.53. The molecule has 1 rings (SSSR count). The number of ether oxygens (including phenoxy) is 1. The van der Waals surface area contributed by atoms with Gasteiger partial charge in [0.25, 0.3) is 0 Å². The molecule has 7 heteroatoms. The molecule has 0 spiro atoms. The Bertz CT molecular complexity index is 486. The third-order valence-corrected chi connectivity index (χ3v) is 2.86. The topological polar surface area (TPSA) is 117 Å². The van der Waals surface area contributed by atoms with E-state index in [1.165, 1.54) is 12.1 Å². The lowest BCUT2D eigenvalue weighted by Gasteiger charge is -2.18. The monoisotopic (exact) mass is 268 g/mol. The number of nitriles is 1. The summed E-state index contributed by atoms with van der Waals surface area (Å²) in [5, 5.41) is 29.8. The number of hydrogen-bond donors (Lipinski definition) is 3. The van der Waals surface area contributed by atoms with Crippen molar-refractivity contribution in [2.45, 2.75) is 17.1 Å². The molecule has 0 saturated heterocycles. The fraction of sp³-hybridized carbons (Fsp3) is 0.273. The molecular formula is C11H12N2O4S. The van der Waals surface area contributed by atoms with Gasteiger partial charge in [0.05, 0.1) is 7.11 Å². The standard InChI is InChI=1S/C11H12N2O4S/c1-17-11(16)10(15)9(14)7-4-6(18-5-12)2-3-8(7)13/h2-4,9-10,14-15H,13H2,1H3. The maximum absolute atomic E-state index is 11.1. The highest BCUT2D eigenvalue weighted by Gasteiger charge is 2.28. The number of methoxy groups -OCH3 is 1. The van der Waals surface area contributed by atoms with Crippen molar-refractivity contribution >= 4 is 23.4 Å². The van der Waals surface area contributed by atoms with E-state index in [0.29, 0.717) is 4.90 Å². The molecule has 4 N–H and O–H groups in total. The molecule has 0 bridgehead atoms. The Morgan fingerprint density at radius 3 is 2.78 bits per heavy atom. The highest BCUT2D eigenvalue weighted by Crippen LogP contribution is 2.28. The summed E-state index contributed by atoms with van der Waals surface area (Å²) in [7, 11) is 1.10. The molecular weight excluding hydrogens is 256 g/mol. The molecule has 96 valence electrons. The Kier molecular flexibility index (Phi) is 4.97. The molecule has 0 aliphatic rings. The summed E-state index contributed by atoms with van der Waals surface area (Å²) in [5.74, 6) is -0.958. The predicted molar refractivity (Wildman–Crippen MR) is 65.3 cm³/mol. The van der Waals surface area contributed by atoms with E-state index in [1.54, 1.807) is 6.07 Å². The third-order valence-electron chi connectivity index (χ3n) is 2.28. The summed E-state index contributed by atoms with van der Waals surface area (Å²) in [6.45, 7) is 0. The van der Waals surface area contributed by atoms with Gasteiger partial charge >= 0.3 is 5.97 Å². The number of thioether (sulfide) groups is 1. The minimum Gasteiger partial charge on any atom is -0.467 e. The normalized spacial score (nSPS) is 13.4. The first-order chi connectivity index (χ1) is 8.51. The van der Waals surface area contributed by atoms with Crippen LogP contribution in [0.2, 0.25) is 0 Å². The number of nitrogens with two attached hydrogens (primary N) is 1. The van der Waals surface area contributed by atoms with Crippen LogP contribution in [0.1, 0.15) is 11.7 Å². The van der Waals surface area contributed by atoms with E-state index in [2.05, 4.69) is 4.74 Å². The van der Waals surface area contributed by atoms with E-state index in [4.69, 9.17) is 11.0 Å². The number of nitrogen functional groups attached to an aromatic ring is 1. The summed E-state index contributed by atoms with van der Waals surface area (Å²) < 4.78 is 4.32. The number of aliphatic hydroxyl groups excluding tert-OH is 2. The Morgan fingerprint density at radius 1 is 1.56 bits per heavy atom. The SMILES string of the molecule is COC(=O)C(O)C(O)c1cc(SC#N)ccc1N. The van der Waals surface area contributed by atoms with Crippen LogP contribution in [0, 0.1) is 10.7 Å². The maximum Gasteiger partial charge on any atom is 0.337 e. The van der Waals surface area contributed by atoms with Crippen LogP contribution < -0.4 is 5.73 Å². The van der Waals surface area contributed by atoms with Gasteiger partial charge in [0, 0.05) is 16.1 Å². The minimum absolute atomic E-state index is 0.174. The van der Waals surface area contributed by atoms with Gasteiger partial charge in [-0.15, -0.1) is 0 Å². The lowest BCUT2D eigenvalue weighted by molar-refractivity contribution is -0.156. The summed E-state index contributed by atoms with van der Waals surface area (Å²) >= 11 is 0.883. The smallest absolute Gasteiger partial charge is 0.337 e. The van der Waals surface area contributed by atoms with Crippen LogP contribution in [-0.4, -0.2) is 29.4 Å². The Hall–Kier alpha value is -1.75. The number of hydrogen-bond acceptors (Lipinski definition) is 7. The first-order valence-electron chi connectivity index (χ1n) is 4.90. The van der Waals surface area contributed by atoms with E-state index >= 15 is 0 Å². The van der Waals surface area contributed by atoms with Crippen molar-refractivity contribution < 1.29 is 19.7 Å². The zero-order chi connectivity index (χ0) is 13.7. The number of carbonyl (C=O) groups is 1. The van der Waals surface area contributed by atoms with Crippen molar-refractivity contribution in [3.8, 4) is 5.40 Å². The summed E-state index contributed by atoms with van der Waals surface area (Å²) in [6, 6.07) is 4.53. The van der Waals surface area contributed by atoms with Crippen molar-refractivity contribution in [1.82, 2.24) is 0 Å². The molecule has 2 atom stereocenters. The Balaban J connectivity index is 3.04. The van der Waals surface area contributed by atoms with Crippen molar-refractivity contribution in [3.63, 3.8) is 0 Å². The number of thiocyanates is 1. The molecule has 18 heavy (non-hydrogen) atoms. The summed E-state index contributed by atoms with van der Waals surface area (Å²) in [5.41, 5.74) is 6.04. The number of nitrogens with zero attached hydrogens (tertiary/aromatic N) is 1. The molecule has 0 aliphatic carbocycles. The third kappa shape index (κ3) is 3.13. The molecule has 0 amide bonds. The molecule has 1 aromatic rings. The van der Waals surface area contributed by atoms with E-state index in [0.717, 1.165) is 18.9 Å². The van der Waals surface area contributed by atoms with E-state index in [-0.39, 0.29) is 11.3 Å². The van der Waals surface area contributed by atoms with Crippen molar-refractivity contribution in [2.75, 3.05) is 12.8 Å². The molecule has 0 aromatic heterocycles. The zero-order valence-corrected chi connectivity index (χ0v) is 10.3. The van der Waals surface area contributed by atoms with Crippen LogP contribution in [0.3, 0.4) is 0 Å². The second-order valence-electron chi connectivity index (χ2n) is 3.40. The first-order valence-corrected chi connectivity index (χ1v) is 5.72. The fourth-order valence-corrected chi connectivity index (χ4v) is 1.77. The molecule has 6 nitrogen and oxygen atoms in total. The average Bonchev–Trinajstić information content (AvgIpc) is 2.38. The van der Waals surface area contributed by atoms with E-state index in [1.807, 2.05) is 5.40 Å². The van der Waals surface area contributed by atoms with Gasteiger partial charge in [-0.1, -0.05) is 0 Å². The molecule has 1 aromatic carbocycles. The minimum atomic E-state index is -1.72. The van der Waals surface area contributed by atoms with Crippen molar-refractivity contribution in [1.29, 1.82) is 5.26 Å². The highest BCUT2D eigenvalue weighted by atomic mass is 32.2. The first kappa shape index (κ1) is 14.3. The number of rotatable bonds is 4.